The van der Waals surface area contributed by atoms with Gasteiger partial charge in [0.2, 0.25) is 0 Å². The molecular weight excluding hydrogens is 174 g/mol. The lowest BCUT2D eigenvalue weighted by atomic mass is 10.3. The van der Waals surface area contributed by atoms with Crippen molar-refractivity contribution >= 4 is 0 Å². The zero-order chi connectivity index (χ0) is 11.6. The van der Waals surface area contributed by atoms with Crippen LogP contribution in [0.2, 0.25) is 0 Å². The van der Waals surface area contributed by atoms with Crippen LogP contribution in [0.5, 0.6) is 0 Å². The number of aryl methyl sites for hydroxylation is 1. The number of rotatable bonds is 1. The highest BCUT2D eigenvalue weighted by atomic mass is 16.3. The summed E-state index contributed by atoms with van der Waals surface area (Å²) < 4.78 is 4.99. The maximum absolute atomic E-state index is 5.27. The summed E-state index contributed by atoms with van der Waals surface area (Å²) in [4.78, 5) is 0. The summed E-state index contributed by atoms with van der Waals surface area (Å²) >= 11 is 0. The Morgan fingerprint density at radius 2 is 1.71 bits per heavy atom. The van der Waals surface area contributed by atoms with E-state index < -0.39 is 0 Å². The molecule has 0 aliphatic carbocycles. The topological polar surface area (TPSA) is 39.2 Å². The predicted octanol–water partition coefficient (Wildman–Crippen LogP) is 3.74. The van der Waals surface area contributed by atoms with Crippen molar-refractivity contribution in [3.05, 3.63) is 23.7 Å². The number of hydrogen-bond donors (Lipinski definition) is 1. The van der Waals surface area contributed by atoms with Crippen LogP contribution in [0, 0.1) is 12.8 Å². The molecule has 0 bridgehead atoms. The Balaban J connectivity index is 0. The fraction of sp³-hybridized carbons (Fsp3) is 0.667. The molecule has 0 radical (unpaired) electrons. The Morgan fingerprint density at radius 3 is 1.86 bits per heavy atom. The van der Waals surface area contributed by atoms with Gasteiger partial charge in [-0.3, -0.25) is 0 Å². The van der Waals surface area contributed by atoms with Crippen LogP contribution < -0.4 is 5.73 Å². The van der Waals surface area contributed by atoms with Crippen LogP contribution in [0.1, 0.15) is 45.9 Å². The first-order valence-corrected chi connectivity index (χ1v) is 5.30. The van der Waals surface area contributed by atoms with Crippen molar-refractivity contribution in [2.24, 2.45) is 11.7 Å². The second-order valence-electron chi connectivity index (χ2n) is 3.53. The molecule has 2 nitrogen and oxygen atoms in total. The Hall–Kier alpha value is -0.760. The second-order valence-corrected chi connectivity index (χ2v) is 3.53. The molecule has 2 heteroatoms. The van der Waals surface area contributed by atoms with E-state index in [2.05, 4.69) is 20.8 Å². The first kappa shape index (κ1) is 15.7. The van der Waals surface area contributed by atoms with Crippen molar-refractivity contribution in [2.75, 3.05) is 0 Å². The van der Waals surface area contributed by atoms with Gasteiger partial charge < -0.3 is 10.2 Å². The molecule has 0 aromatic carbocycles. The zero-order valence-corrected chi connectivity index (χ0v) is 10.4. The minimum absolute atomic E-state index is 0.494. The van der Waals surface area contributed by atoms with Crippen LogP contribution in [0.25, 0.3) is 0 Å². The summed E-state index contributed by atoms with van der Waals surface area (Å²) in [6.45, 7) is 13.0. The van der Waals surface area contributed by atoms with Crippen molar-refractivity contribution in [1.29, 1.82) is 0 Å². The lowest BCUT2D eigenvalue weighted by Crippen LogP contribution is -1.92. The molecule has 2 N–H and O–H groups in total. The maximum Gasteiger partial charge on any atom is 0.117 e. The van der Waals surface area contributed by atoms with Crippen LogP contribution >= 0.6 is 0 Å². The monoisotopic (exact) mass is 199 g/mol. The van der Waals surface area contributed by atoms with Gasteiger partial charge in [0, 0.05) is 0 Å². The minimum atomic E-state index is 0.494. The van der Waals surface area contributed by atoms with Crippen molar-refractivity contribution in [3.63, 3.8) is 0 Å². The van der Waals surface area contributed by atoms with E-state index in [1.807, 2.05) is 26.8 Å². The molecule has 0 amide bonds. The third-order valence-corrected chi connectivity index (χ3v) is 0.986. The summed E-state index contributed by atoms with van der Waals surface area (Å²) in [6, 6.07) is 1.93. The molecule has 0 atom stereocenters. The van der Waals surface area contributed by atoms with E-state index in [1.54, 1.807) is 6.26 Å². The van der Waals surface area contributed by atoms with E-state index in [1.165, 1.54) is 0 Å². The van der Waals surface area contributed by atoms with E-state index in [-0.39, 0.29) is 0 Å². The highest BCUT2D eigenvalue weighted by Gasteiger charge is 1.91. The van der Waals surface area contributed by atoms with Crippen molar-refractivity contribution in [2.45, 2.75) is 48.1 Å². The third-order valence-electron chi connectivity index (χ3n) is 0.986. The molecular formula is C12H25NO. The summed E-state index contributed by atoms with van der Waals surface area (Å²) in [7, 11) is 0. The Labute approximate surface area is 88.5 Å². The zero-order valence-electron chi connectivity index (χ0n) is 10.4. The van der Waals surface area contributed by atoms with Gasteiger partial charge in [-0.25, -0.2) is 0 Å². The molecule has 0 fully saturated rings. The standard InChI is InChI=1S/C6H9NO.C4H10.C2H6/c1-5-2-6(3-7)8-4-5;1-4(2)3;1-2/h2,4H,3,7H2,1H3;4H,1-3H3;1-2H3. The second kappa shape index (κ2) is 10.3. The van der Waals surface area contributed by atoms with Gasteiger partial charge in [-0.15, -0.1) is 0 Å². The van der Waals surface area contributed by atoms with Gasteiger partial charge in [-0.05, 0) is 24.5 Å². The minimum Gasteiger partial charge on any atom is -0.468 e. The van der Waals surface area contributed by atoms with E-state index >= 15 is 0 Å². The average Bonchev–Trinajstić information content (AvgIpc) is 2.54. The van der Waals surface area contributed by atoms with Crippen molar-refractivity contribution in [3.8, 4) is 0 Å². The Bertz CT molecular complexity index is 201. The average molecular weight is 199 g/mol. The molecule has 0 spiro atoms. The van der Waals surface area contributed by atoms with E-state index in [0.29, 0.717) is 6.54 Å². The summed E-state index contributed by atoms with van der Waals surface area (Å²) in [6.07, 6.45) is 1.70. The van der Waals surface area contributed by atoms with E-state index in [0.717, 1.165) is 17.2 Å². The fourth-order valence-electron chi connectivity index (χ4n) is 0.598. The highest BCUT2D eigenvalue weighted by molar-refractivity contribution is 5.09. The SMILES string of the molecule is CC.CC(C)C.Cc1coc(CN)c1. The van der Waals surface area contributed by atoms with Gasteiger partial charge >= 0.3 is 0 Å². The first-order chi connectivity index (χ1) is 6.56. The van der Waals surface area contributed by atoms with Gasteiger partial charge in [-0.2, -0.15) is 0 Å². The normalized spacial score (nSPS) is 8.57. The van der Waals surface area contributed by atoms with Gasteiger partial charge in [0.15, 0.2) is 0 Å². The summed E-state index contributed by atoms with van der Waals surface area (Å²) in [5.41, 5.74) is 6.40. The van der Waals surface area contributed by atoms with Gasteiger partial charge in [0.25, 0.3) is 0 Å². The molecule has 1 aromatic rings. The maximum atomic E-state index is 5.27. The lowest BCUT2D eigenvalue weighted by molar-refractivity contribution is 0.511. The number of hydrogen-bond acceptors (Lipinski definition) is 2. The molecule has 84 valence electrons. The molecule has 1 heterocycles. The first-order valence-electron chi connectivity index (χ1n) is 5.30. The summed E-state index contributed by atoms with van der Waals surface area (Å²) in [5, 5.41) is 0. The smallest absolute Gasteiger partial charge is 0.117 e. The Morgan fingerprint density at radius 1 is 1.29 bits per heavy atom. The largest absolute Gasteiger partial charge is 0.468 e. The van der Waals surface area contributed by atoms with Crippen LogP contribution in [0.4, 0.5) is 0 Å². The highest BCUT2D eigenvalue weighted by Crippen LogP contribution is 2.03. The van der Waals surface area contributed by atoms with Gasteiger partial charge in [0.05, 0.1) is 12.8 Å². The number of nitrogens with two attached hydrogens (primary N) is 1. The molecule has 0 unspecified atom stereocenters. The summed E-state index contributed by atoms with van der Waals surface area (Å²) in [5.74, 6) is 1.68. The molecule has 0 aliphatic rings. The van der Waals surface area contributed by atoms with Crippen LogP contribution in [0.15, 0.2) is 16.7 Å². The van der Waals surface area contributed by atoms with Gasteiger partial charge in [0.1, 0.15) is 5.76 Å². The molecule has 14 heavy (non-hydrogen) atoms. The molecule has 0 aliphatic heterocycles. The van der Waals surface area contributed by atoms with E-state index in [9.17, 15) is 0 Å². The quantitative estimate of drug-likeness (QED) is 0.748. The molecule has 0 saturated carbocycles. The Kier molecular flexibility index (Phi) is 11.6. The molecule has 1 aromatic heterocycles. The third kappa shape index (κ3) is 11.2. The van der Waals surface area contributed by atoms with Crippen molar-refractivity contribution < 1.29 is 4.42 Å². The van der Waals surface area contributed by atoms with E-state index in [4.69, 9.17) is 10.2 Å². The van der Waals surface area contributed by atoms with Crippen molar-refractivity contribution in [1.82, 2.24) is 0 Å². The number of furan rings is 1. The molecule has 1 rings (SSSR count). The predicted molar refractivity (Wildman–Crippen MR) is 63.2 cm³/mol. The van der Waals surface area contributed by atoms with Gasteiger partial charge in [-0.1, -0.05) is 34.6 Å². The lowest BCUT2D eigenvalue weighted by Gasteiger charge is -1.80. The fourth-order valence-corrected chi connectivity index (χ4v) is 0.598. The van der Waals surface area contributed by atoms with Crippen LogP contribution in [-0.2, 0) is 6.54 Å². The van der Waals surface area contributed by atoms with Crippen LogP contribution in [-0.4, -0.2) is 0 Å². The molecule has 0 saturated heterocycles. The van der Waals surface area contributed by atoms with Crippen LogP contribution in [0.3, 0.4) is 0 Å².